The van der Waals surface area contributed by atoms with Gasteiger partial charge in [0, 0.05) is 6.42 Å². The Morgan fingerprint density at radius 2 is 2.00 bits per heavy atom. The Hall–Kier alpha value is -1.57. The summed E-state index contributed by atoms with van der Waals surface area (Å²) in [5, 5.41) is 0. The Kier molecular flexibility index (Phi) is 3.40. The highest BCUT2D eigenvalue weighted by molar-refractivity contribution is 5.97. The van der Waals surface area contributed by atoms with Crippen LogP contribution in [0.25, 0.3) is 5.57 Å². The molecule has 0 spiro atoms. The lowest BCUT2D eigenvalue weighted by molar-refractivity contribution is -0.114. The molecule has 2 heteroatoms. The second-order valence-electron chi connectivity index (χ2n) is 4.07. The van der Waals surface area contributed by atoms with Crippen molar-refractivity contribution in [1.82, 2.24) is 0 Å². The number of carbonyl (C=O) groups is 1. The van der Waals surface area contributed by atoms with Gasteiger partial charge in [-0.15, -0.1) is 0 Å². The van der Waals surface area contributed by atoms with Gasteiger partial charge in [-0.2, -0.15) is 0 Å². The van der Waals surface area contributed by atoms with Crippen LogP contribution in [0.3, 0.4) is 0 Å². The van der Waals surface area contributed by atoms with Crippen molar-refractivity contribution in [3.8, 4) is 5.75 Å². The molecule has 1 aromatic carbocycles. The van der Waals surface area contributed by atoms with Crippen LogP contribution in [0.4, 0.5) is 0 Å². The van der Waals surface area contributed by atoms with E-state index in [2.05, 4.69) is 0 Å². The van der Waals surface area contributed by atoms with Gasteiger partial charge in [-0.05, 0) is 48.6 Å². The first-order valence-corrected chi connectivity index (χ1v) is 5.67. The lowest BCUT2D eigenvalue weighted by atomic mass is 10.0. The predicted molar refractivity (Wildman–Crippen MR) is 64.4 cm³/mol. The van der Waals surface area contributed by atoms with Crippen molar-refractivity contribution in [2.45, 2.75) is 25.7 Å². The zero-order valence-electron chi connectivity index (χ0n) is 9.53. The van der Waals surface area contributed by atoms with E-state index in [9.17, 15) is 4.79 Å². The van der Waals surface area contributed by atoms with Crippen LogP contribution in [-0.2, 0) is 4.79 Å². The number of hydrogen-bond donors (Lipinski definition) is 0. The normalized spacial score (nSPS) is 16.6. The van der Waals surface area contributed by atoms with Gasteiger partial charge in [0.1, 0.15) is 5.75 Å². The Morgan fingerprint density at radius 3 is 2.81 bits per heavy atom. The average molecular weight is 216 g/mol. The van der Waals surface area contributed by atoms with E-state index in [1.54, 1.807) is 13.2 Å². The molecule has 0 fully saturated rings. The summed E-state index contributed by atoms with van der Waals surface area (Å²) in [5.41, 5.74) is 2.25. The first kappa shape index (κ1) is 10.9. The Bertz CT molecular complexity index is 418. The summed E-state index contributed by atoms with van der Waals surface area (Å²) in [6.45, 7) is 0. The van der Waals surface area contributed by atoms with Crippen LogP contribution in [0.2, 0.25) is 0 Å². The summed E-state index contributed by atoms with van der Waals surface area (Å²) in [6, 6.07) is 7.91. The van der Waals surface area contributed by atoms with E-state index in [0.717, 1.165) is 36.1 Å². The summed E-state index contributed by atoms with van der Waals surface area (Å²) in [4.78, 5) is 11.5. The monoisotopic (exact) mass is 216 g/mol. The topological polar surface area (TPSA) is 26.3 Å². The van der Waals surface area contributed by atoms with Gasteiger partial charge in [-0.3, -0.25) is 4.79 Å². The highest BCUT2D eigenvalue weighted by atomic mass is 16.5. The Morgan fingerprint density at radius 1 is 1.19 bits per heavy atom. The van der Waals surface area contributed by atoms with Gasteiger partial charge in [0.05, 0.1) is 7.11 Å². The van der Waals surface area contributed by atoms with Crippen LogP contribution in [0.5, 0.6) is 5.75 Å². The molecule has 0 atom stereocenters. The van der Waals surface area contributed by atoms with Crippen molar-refractivity contribution in [1.29, 1.82) is 0 Å². The largest absolute Gasteiger partial charge is 0.497 e. The van der Waals surface area contributed by atoms with Crippen LogP contribution in [0, 0.1) is 0 Å². The van der Waals surface area contributed by atoms with Crippen molar-refractivity contribution >= 4 is 11.4 Å². The van der Waals surface area contributed by atoms with E-state index >= 15 is 0 Å². The third-order valence-electron chi connectivity index (χ3n) is 2.90. The Labute approximate surface area is 95.9 Å². The summed E-state index contributed by atoms with van der Waals surface area (Å²) in [6.07, 6.45) is 5.56. The molecule has 0 unspecified atom stereocenters. The van der Waals surface area contributed by atoms with Gasteiger partial charge in [0.15, 0.2) is 5.78 Å². The molecule has 0 aliphatic heterocycles. The van der Waals surface area contributed by atoms with Crippen LogP contribution >= 0.6 is 0 Å². The number of allylic oxidation sites excluding steroid dienone is 2. The van der Waals surface area contributed by atoms with Crippen molar-refractivity contribution in [2.24, 2.45) is 0 Å². The fraction of sp³-hybridized carbons (Fsp3) is 0.357. The number of ether oxygens (including phenoxy) is 1. The molecular weight excluding hydrogens is 200 g/mol. The van der Waals surface area contributed by atoms with E-state index in [-0.39, 0.29) is 5.78 Å². The summed E-state index contributed by atoms with van der Waals surface area (Å²) in [5.74, 6) is 1.09. The highest BCUT2D eigenvalue weighted by Crippen LogP contribution is 2.26. The minimum Gasteiger partial charge on any atom is -0.497 e. The van der Waals surface area contributed by atoms with Gasteiger partial charge in [0.2, 0.25) is 0 Å². The molecule has 0 heterocycles. The zero-order chi connectivity index (χ0) is 11.4. The van der Waals surface area contributed by atoms with E-state index in [4.69, 9.17) is 4.74 Å². The van der Waals surface area contributed by atoms with Crippen molar-refractivity contribution in [3.05, 3.63) is 35.9 Å². The maximum atomic E-state index is 11.5. The number of hydrogen-bond acceptors (Lipinski definition) is 2. The zero-order valence-corrected chi connectivity index (χ0v) is 9.53. The maximum Gasteiger partial charge on any atom is 0.155 e. The van der Waals surface area contributed by atoms with Crippen molar-refractivity contribution in [2.75, 3.05) is 7.11 Å². The molecule has 0 saturated heterocycles. The second-order valence-corrected chi connectivity index (χ2v) is 4.07. The van der Waals surface area contributed by atoms with Gasteiger partial charge in [-0.1, -0.05) is 12.1 Å². The molecule has 0 amide bonds. The highest BCUT2D eigenvalue weighted by Gasteiger charge is 2.10. The molecule has 0 N–H and O–H groups in total. The van der Waals surface area contributed by atoms with Crippen LogP contribution in [-0.4, -0.2) is 12.9 Å². The molecule has 84 valence electrons. The standard InChI is InChI=1S/C14H16O2/c1-16-14-8-4-6-12(10-14)11-5-2-3-7-13(15)9-11/h4,6,8-10H,2-3,5,7H2,1H3. The molecule has 0 saturated carbocycles. The summed E-state index contributed by atoms with van der Waals surface area (Å²) < 4.78 is 5.19. The molecule has 2 rings (SSSR count). The first-order valence-electron chi connectivity index (χ1n) is 5.67. The third-order valence-corrected chi connectivity index (χ3v) is 2.90. The van der Waals surface area contributed by atoms with Gasteiger partial charge in [0.25, 0.3) is 0 Å². The summed E-state index contributed by atoms with van der Waals surface area (Å²) >= 11 is 0. The lowest BCUT2D eigenvalue weighted by Crippen LogP contribution is -1.91. The molecular formula is C14H16O2. The van der Waals surface area contributed by atoms with E-state index < -0.39 is 0 Å². The first-order chi connectivity index (χ1) is 7.79. The van der Waals surface area contributed by atoms with Crippen LogP contribution in [0.1, 0.15) is 31.2 Å². The van der Waals surface area contributed by atoms with Crippen LogP contribution in [0.15, 0.2) is 30.3 Å². The van der Waals surface area contributed by atoms with Gasteiger partial charge in [-0.25, -0.2) is 0 Å². The smallest absolute Gasteiger partial charge is 0.155 e. The molecule has 16 heavy (non-hydrogen) atoms. The quantitative estimate of drug-likeness (QED) is 0.758. The lowest BCUT2D eigenvalue weighted by Gasteiger charge is -2.07. The number of carbonyl (C=O) groups excluding carboxylic acids is 1. The van der Waals surface area contributed by atoms with Gasteiger partial charge < -0.3 is 4.74 Å². The number of benzene rings is 1. The maximum absolute atomic E-state index is 11.5. The van der Waals surface area contributed by atoms with Gasteiger partial charge >= 0.3 is 0 Å². The van der Waals surface area contributed by atoms with E-state index in [0.29, 0.717) is 6.42 Å². The van der Waals surface area contributed by atoms with Crippen molar-refractivity contribution < 1.29 is 9.53 Å². The second kappa shape index (κ2) is 4.97. The molecule has 1 aliphatic carbocycles. The fourth-order valence-corrected chi connectivity index (χ4v) is 2.00. The molecule has 1 aliphatic rings. The fourth-order valence-electron chi connectivity index (χ4n) is 2.00. The number of ketones is 1. The molecule has 0 aromatic heterocycles. The minimum absolute atomic E-state index is 0.246. The SMILES string of the molecule is COc1cccc(C2=CC(=O)CCCC2)c1. The summed E-state index contributed by atoms with van der Waals surface area (Å²) in [7, 11) is 1.66. The van der Waals surface area contributed by atoms with Crippen molar-refractivity contribution in [3.63, 3.8) is 0 Å². The van der Waals surface area contributed by atoms with Crippen LogP contribution < -0.4 is 4.74 Å². The molecule has 2 nitrogen and oxygen atoms in total. The van der Waals surface area contributed by atoms with E-state index in [1.807, 2.05) is 24.3 Å². The minimum atomic E-state index is 0.246. The predicted octanol–water partition coefficient (Wildman–Crippen LogP) is 3.22. The molecule has 0 radical (unpaired) electrons. The number of methoxy groups -OCH3 is 1. The average Bonchev–Trinajstić information content (AvgIpc) is 2.54. The molecule has 1 aromatic rings. The van der Waals surface area contributed by atoms with E-state index in [1.165, 1.54) is 0 Å². The third kappa shape index (κ3) is 2.51. The molecule has 0 bridgehead atoms. The number of rotatable bonds is 2. The Balaban J connectivity index is 2.30.